The SMILES string of the molecule is CN(Cc1ccc(C#N)cc1)C(=O)CSc1ccccc1F. The van der Waals surface area contributed by atoms with E-state index in [0.29, 0.717) is 17.0 Å². The van der Waals surface area contributed by atoms with Crippen LogP contribution in [-0.4, -0.2) is 23.6 Å². The van der Waals surface area contributed by atoms with Crippen LogP contribution in [0.4, 0.5) is 4.39 Å². The van der Waals surface area contributed by atoms with Gasteiger partial charge >= 0.3 is 0 Å². The van der Waals surface area contributed by atoms with Gasteiger partial charge in [-0.05, 0) is 29.8 Å². The van der Waals surface area contributed by atoms with E-state index in [4.69, 9.17) is 5.26 Å². The average molecular weight is 314 g/mol. The van der Waals surface area contributed by atoms with Crippen molar-refractivity contribution in [1.29, 1.82) is 5.26 Å². The molecule has 1 amide bonds. The Kier molecular flexibility index (Phi) is 5.56. The first kappa shape index (κ1) is 16.1. The van der Waals surface area contributed by atoms with Crippen molar-refractivity contribution in [2.75, 3.05) is 12.8 Å². The number of rotatable bonds is 5. The zero-order valence-electron chi connectivity index (χ0n) is 12.1. The van der Waals surface area contributed by atoms with Crippen molar-refractivity contribution in [3.8, 4) is 6.07 Å². The van der Waals surface area contributed by atoms with Gasteiger partial charge in [-0.2, -0.15) is 5.26 Å². The number of hydrogen-bond acceptors (Lipinski definition) is 3. The van der Waals surface area contributed by atoms with E-state index in [1.807, 2.05) is 12.1 Å². The van der Waals surface area contributed by atoms with Crippen LogP contribution in [0.3, 0.4) is 0 Å². The molecule has 0 N–H and O–H groups in total. The van der Waals surface area contributed by atoms with Crippen LogP contribution in [0.15, 0.2) is 53.4 Å². The molecule has 2 rings (SSSR count). The minimum atomic E-state index is -0.310. The number of benzene rings is 2. The van der Waals surface area contributed by atoms with Gasteiger partial charge in [0.15, 0.2) is 0 Å². The molecule has 0 atom stereocenters. The number of nitriles is 1. The van der Waals surface area contributed by atoms with E-state index in [1.54, 1.807) is 42.3 Å². The van der Waals surface area contributed by atoms with Crippen LogP contribution in [-0.2, 0) is 11.3 Å². The molecule has 2 aromatic rings. The molecule has 0 saturated heterocycles. The van der Waals surface area contributed by atoms with Gasteiger partial charge in [-0.15, -0.1) is 11.8 Å². The minimum Gasteiger partial charge on any atom is -0.341 e. The first-order valence-corrected chi connectivity index (χ1v) is 7.69. The van der Waals surface area contributed by atoms with Crippen LogP contribution < -0.4 is 0 Å². The van der Waals surface area contributed by atoms with Crippen molar-refractivity contribution in [1.82, 2.24) is 4.90 Å². The topological polar surface area (TPSA) is 44.1 Å². The Balaban J connectivity index is 1.89. The number of halogens is 1. The summed E-state index contributed by atoms with van der Waals surface area (Å²) in [5.41, 5.74) is 1.54. The Morgan fingerprint density at radius 2 is 1.91 bits per heavy atom. The number of thioether (sulfide) groups is 1. The fraction of sp³-hybridized carbons (Fsp3) is 0.176. The molecule has 0 aliphatic carbocycles. The van der Waals surface area contributed by atoms with E-state index >= 15 is 0 Å². The molecule has 0 bridgehead atoms. The minimum absolute atomic E-state index is 0.0717. The second-order valence-corrected chi connectivity index (χ2v) is 5.79. The lowest BCUT2D eigenvalue weighted by Gasteiger charge is -2.17. The summed E-state index contributed by atoms with van der Waals surface area (Å²) < 4.78 is 13.5. The third-order valence-electron chi connectivity index (χ3n) is 3.12. The van der Waals surface area contributed by atoms with Crippen molar-refractivity contribution in [3.63, 3.8) is 0 Å². The molecule has 3 nitrogen and oxygen atoms in total. The van der Waals surface area contributed by atoms with E-state index in [0.717, 1.165) is 5.56 Å². The molecule has 112 valence electrons. The van der Waals surface area contributed by atoms with Gasteiger partial charge in [0.25, 0.3) is 0 Å². The highest BCUT2D eigenvalue weighted by molar-refractivity contribution is 8.00. The Morgan fingerprint density at radius 3 is 2.55 bits per heavy atom. The highest BCUT2D eigenvalue weighted by atomic mass is 32.2. The standard InChI is InChI=1S/C17H15FN2OS/c1-20(11-14-8-6-13(10-19)7-9-14)17(21)12-22-16-5-3-2-4-15(16)18/h2-9H,11-12H2,1H3. The normalized spacial score (nSPS) is 10.0. The molecule has 2 aromatic carbocycles. The third kappa shape index (κ3) is 4.34. The average Bonchev–Trinajstić information content (AvgIpc) is 2.54. The van der Waals surface area contributed by atoms with E-state index in [-0.39, 0.29) is 17.5 Å². The van der Waals surface area contributed by atoms with Crippen LogP contribution in [0.25, 0.3) is 0 Å². The van der Waals surface area contributed by atoms with Crippen molar-refractivity contribution < 1.29 is 9.18 Å². The maximum atomic E-state index is 13.5. The van der Waals surface area contributed by atoms with Gasteiger partial charge < -0.3 is 4.90 Å². The predicted octanol–water partition coefficient (Wildman–Crippen LogP) is 3.45. The smallest absolute Gasteiger partial charge is 0.232 e. The molecular weight excluding hydrogens is 299 g/mol. The van der Waals surface area contributed by atoms with E-state index in [2.05, 4.69) is 6.07 Å². The highest BCUT2D eigenvalue weighted by Gasteiger charge is 2.11. The summed E-state index contributed by atoms with van der Waals surface area (Å²) in [5.74, 6) is -0.194. The molecule has 0 aromatic heterocycles. The lowest BCUT2D eigenvalue weighted by Crippen LogP contribution is -2.27. The van der Waals surface area contributed by atoms with Crippen molar-refractivity contribution >= 4 is 17.7 Å². The summed E-state index contributed by atoms with van der Waals surface area (Å²) in [4.78, 5) is 14.2. The first-order chi connectivity index (χ1) is 10.6. The number of amides is 1. The maximum absolute atomic E-state index is 13.5. The predicted molar refractivity (Wildman–Crippen MR) is 84.8 cm³/mol. The van der Waals surface area contributed by atoms with Crippen LogP contribution in [0, 0.1) is 17.1 Å². The van der Waals surface area contributed by atoms with E-state index in [9.17, 15) is 9.18 Å². The first-order valence-electron chi connectivity index (χ1n) is 6.70. The van der Waals surface area contributed by atoms with Gasteiger partial charge in [-0.25, -0.2) is 4.39 Å². The molecule has 0 aliphatic heterocycles. The number of carbonyl (C=O) groups is 1. The summed E-state index contributed by atoms with van der Waals surface area (Å²) in [7, 11) is 1.71. The van der Waals surface area contributed by atoms with Gasteiger partial charge in [0.2, 0.25) is 5.91 Å². The van der Waals surface area contributed by atoms with Gasteiger partial charge in [-0.1, -0.05) is 24.3 Å². The second kappa shape index (κ2) is 7.62. The zero-order valence-corrected chi connectivity index (χ0v) is 12.9. The lowest BCUT2D eigenvalue weighted by molar-refractivity contribution is -0.127. The van der Waals surface area contributed by atoms with Crippen LogP contribution in [0.2, 0.25) is 0 Å². The number of carbonyl (C=O) groups excluding carboxylic acids is 1. The third-order valence-corrected chi connectivity index (χ3v) is 4.15. The van der Waals surface area contributed by atoms with Crippen molar-refractivity contribution in [3.05, 3.63) is 65.5 Å². The van der Waals surface area contributed by atoms with Gasteiger partial charge in [0.05, 0.1) is 17.4 Å². The molecule has 0 aliphatic rings. The summed E-state index contributed by atoms with van der Waals surface area (Å²) in [6, 6.07) is 15.6. The van der Waals surface area contributed by atoms with Gasteiger partial charge in [0.1, 0.15) is 5.82 Å². The summed E-state index contributed by atoms with van der Waals surface area (Å²) in [6.07, 6.45) is 0. The molecule has 5 heteroatoms. The quantitative estimate of drug-likeness (QED) is 0.794. The molecule has 0 spiro atoms. The van der Waals surface area contributed by atoms with Crippen LogP contribution >= 0.6 is 11.8 Å². The van der Waals surface area contributed by atoms with Gasteiger partial charge in [0, 0.05) is 18.5 Å². The fourth-order valence-corrected chi connectivity index (χ4v) is 2.74. The molecule has 0 fully saturated rings. The second-order valence-electron chi connectivity index (χ2n) is 4.78. The zero-order chi connectivity index (χ0) is 15.9. The highest BCUT2D eigenvalue weighted by Crippen LogP contribution is 2.21. The number of hydrogen-bond donors (Lipinski definition) is 0. The Hall–Kier alpha value is -2.32. The lowest BCUT2D eigenvalue weighted by atomic mass is 10.1. The molecular formula is C17H15FN2OS. The molecule has 0 saturated carbocycles. The Labute approximate surface area is 133 Å². The summed E-state index contributed by atoms with van der Waals surface area (Å²) in [5, 5.41) is 8.75. The van der Waals surface area contributed by atoms with Crippen molar-refractivity contribution in [2.45, 2.75) is 11.4 Å². The molecule has 0 unspecified atom stereocenters. The van der Waals surface area contributed by atoms with E-state index in [1.165, 1.54) is 17.8 Å². The fourth-order valence-electron chi connectivity index (χ4n) is 1.86. The van der Waals surface area contributed by atoms with Crippen LogP contribution in [0.5, 0.6) is 0 Å². The molecule has 22 heavy (non-hydrogen) atoms. The maximum Gasteiger partial charge on any atom is 0.232 e. The summed E-state index contributed by atoms with van der Waals surface area (Å²) >= 11 is 1.19. The monoisotopic (exact) mass is 314 g/mol. The van der Waals surface area contributed by atoms with Crippen LogP contribution in [0.1, 0.15) is 11.1 Å². The molecule has 0 radical (unpaired) electrons. The number of nitrogens with zero attached hydrogens (tertiary/aromatic N) is 2. The van der Waals surface area contributed by atoms with E-state index < -0.39 is 0 Å². The van der Waals surface area contributed by atoms with Crippen molar-refractivity contribution in [2.24, 2.45) is 0 Å². The Bertz CT molecular complexity index is 695. The Morgan fingerprint density at radius 1 is 1.23 bits per heavy atom. The van der Waals surface area contributed by atoms with Gasteiger partial charge in [-0.3, -0.25) is 4.79 Å². The largest absolute Gasteiger partial charge is 0.341 e. The molecule has 0 heterocycles. The summed E-state index contributed by atoms with van der Waals surface area (Å²) in [6.45, 7) is 0.461.